The zero-order valence-electron chi connectivity index (χ0n) is 17.7. The van der Waals surface area contributed by atoms with Crippen molar-refractivity contribution in [2.24, 2.45) is 11.8 Å². The minimum absolute atomic E-state index is 0.671. The van der Waals surface area contributed by atoms with Crippen molar-refractivity contribution < 1.29 is 0 Å². The molecule has 28 heavy (non-hydrogen) atoms. The molecule has 1 aromatic rings. The molecule has 0 amide bonds. The number of fused-ring (bicyclic) bond motifs is 2. The van der Waals surface area contributed by atoms with Crippen molar-refractivity contribution in [3.05, 3.63) is 30.9 Å². The van der Waals surface area contributed by atoms with Gasteiger partial charge in [-0.25, -0.2) is 0 Å². The van der Waals surface area contributed by atoms with Gasteiger partial charge in [0.15, 0.2) is 0 Å². The Balaban J connectivity index is 1.14. The Labute approximate surface area is 171 Å². The van der Waals surface area contributed by atoms with Crippen LogP contribution >= 0.6 is 0 Å². The van der Waals surface area contributed by atoms with Gasteiger partial charge in [-0.2, -0.15) is 0 Å². The molecule has 1 radical (unpaired) electrons. The average molecular weight is 381 g/mol. The van der Waals surface area contributed by atoms with Gasteiger partial charge in [0, 0.05) is 24.7 Å². The Bertz CT molecular complexity index is 651. The smallest absolute Gasteiger partial charge is 0.142 e. The Hall–Kier alpha value is -1.22. The van der Waals surface area contributed by atoms with E-state index in [0.717, 1.165) is 30.5 Å². The number of nitrogens with zero attached hydrogens (tertiary/aromatic N) is 2. The van der Waals surface area contributed by atoms with Crippen molar-refractivity contribution in [3.8, 4) is 0 Å². The molecule has 0 saturated heterocycles. The van der Waals surface area contributed by atoms with Crippen molar-refractivity contribution >= 4 is 11.4 Å². The van der Waals surface area contributed by atoms with Gasteiger partial charge in [-0.05, 0) is 75.8 Å². The topological polar surface area (TPSA) is 18.5 Å². The van der Waals surface area contributed by atoms with Gasteiger partial charge in [0.1, 0.15) is 6.67 Å². The molecule has 0 bridgehead atoms. The number of anilines is 2. The molecule has 3 heteroatoms. The van der Waals surface area contributed by atoms with E-state index < -0.39 is 0 Å². The van der Waals surface area contributed by atoms with Crippen LogP contribution in [0.5, 0.6) is 0 Å². The van der Waals surface area contributed by atoms with E-state index in [9.17, 15) is 0 Å². The van der Waals surface area contributed by atoms with Gasteiger partial charge in [-0.3, -0.25) is 0 Å². The summed E-state index contributed by atoms with van der Waals surface area (Å²) in [4.78, 5) is 4.98. The van der Waals surface area contributed by atoms with Crippen molar-refractivity contribution in [2.75, 3.05) is 16.3 Å². The minimum Gasteiger partial charge on any atom is -0.346 e. The van der Waals surface area contributed by atoms with E-state index in [0.29, 0.717) is 6.04 Å². The van der Waals surface area contributed by atoms with Gasteiger partial charge in [0.2, 0.25) is 0 Å². The molecular formula is C25H38N3. The Morgan fingerprint density at radius 1 is 0.821 bits per heavy atom. The fraction of sp³-hybridized carbons (Fsp3) is 0.720. The average Bonchev–Trinajstić information content (AvgIpc) is 3.13. The molecule has 3 atom stereocenters. The van der Waals surface area contributed by atoms with Crippen LogP contribution < -0.4 is 15.1 Å². The standard InChI is InChI=1S/C25H38N3/c1-2-27-18-28(25-10-6-5-9-24(25)27)23-15-13-21(14-16-23)26-22-12-11-19-7-3-4-8-20(19)17-22/h5-6,9-10,18-23,26H,2-4,7-8,11-17H2,1H3. The second-order valence-corrected chi connectivity index (χ2v) is 9.78. The second kappa shape index (κ2) is 8.26. The molecule has 3 fully saturated rings. The molecular weight excluding hydrogens is 342 g/mol. The lowest BCUT2D eigenvalue weighted by atomic mass is 9.69. The molecule has 153 valence electrons. The number of hydrogen-bond acceptors (Lipinski definition) is 3. The van der Waals surface area contributed by atoms with Crippen LogP contribution in [0.2, 0.25) is 0 Å². The van der Waals surface area contributed by atoms with Crippen LogP contribution in [0.4, 0.5) is 11.4 Å². The van der Waals surface area contributed by atoms with Crippen LogP contribution in [0.25, 0.3) is 0 Å². The van der Waals surface area contributed by atoms with E-state index in [-0.39, 0.29) is 0 Å². The summed E-state index contributed by atoms with van der Waals surface area (Å²) in [5, 5.41) is 4.10. The van der Waals surface area contributed by atoms with Gasteiger partial charge in [-0.15, -0.1) is 0 Å². The summed E-state index contributed by atoms with van der Waals surface area (Å²) in [5.41, 5.74) is 2.80. The fourth-order valence-corrected chi connectivity index (χ4v) is 6.62. The van der Waals surface area contributed by atoms with Crippen LogP contribution in [0.1, 0.15) is 77.6 Å². The highest BCUT2D eigenvalue weighted by Gasteiger charge is 2.36. The maximum Gasteiger partial charge on any atom is 0.142 e. The van der Waals surface area contributed by atoms with Crippen molar-refractivity contribution in [2.45, 2.75) is 95.7 Å². The highest BCUT2D eigenvalue weighted by molar-refractivity contribution is 5.78. The lowest BCUT2D eigenvalue weighted by Gasteiger charge is -2.42. The van der Waals surface area contributed by atoms with E-state index in [1.54, 1.807) is 0 Å². The predicted molar refractivity (Wildman–Crippen MR) is 119 cm³/mol. The normalized spacial score (nSPS) is 35.5. The molecule has 0 spiro atoms. The van der Waals surface area contributed by atoms with Crippen LogP contribution in [0, 0.1) is 18.5 Å². The maximum absolute atomic E-state index is 4.10. The number of hydrogen-bond donors (Lipinski definition) is 1. The predicted octanol–water partition coefficient (Wildman–Crippen LogP) is 5.71. The van der Waals surface area contributed by atoms with Crippen molar-refractivity contribution in [1.82, 2.24) is 5.32 Å². The van der Waals surface area contributed by atoms with E-state index in [4.69, 9.17) is 0 Å². The summed E-state index contributed by atoms with van der Waals surface area (Å²) in [6, 6.07) is 11.1. The first-order valence-electron chi connectivity index (χ1n) is 12.1. The lowest BCUT2D eigenvalue weighted by Crippen LogP contribution is -2.47. The Morgan fingerprint density at radius 2 is 1.54 bits per heavy atom. The summed E-state index contributed by atoms with van der Waals surface area (Å²) in [6.45, 7) is 5.67. The van der Waals surface area contributed by atoms with Crippen LogP contribution in [0.3, 0.4) is 0 Å². The Morgan fingerprint density at radius 3 is 2.32 bits per heavy atom. The molecule has 0 aromatic heterocycles. The molecule has 3 saturated carbocycles. The molecule has 1 aliphatic heterocycles. The third kappa shape index (κ3) is 3.67. The molecule has 1 N–H and O–H groups in total. The first kappa shape index (κ1) is 18.8. The van der Waals surface area contributed by atoms with Gasteiger partial charge in [-0.1, -0.05) is 37.8 Å². The maximum atomic E-state index is 4.10. The highest BCUT2D eigenvalue weighted by atomic mass is 15.4. The SMILES string of the molecule is CCN1[CH]N(C2CCC(NC3CCC4CCCCC4C3)CC2)c2ccccc21. The summed E-state index contributed by atoms with van der Waals surface area (Å²) in [6.07, 6.45) is 15.7. The van der Waals surface area contributed by atoms with Gasteiger partial charge in [0.05, 0.1) is 11.4 Å². The number of rotatable bonds is 4. The second-order valence-electron chi connectivity index (χ2n) is 9.78. The molecule has 1 aromatic carbocycles. The molecule has 3 nitrogen and oxygen atoms in total. The highest BCUT2D eigenvalue weighted by Crippen LogP contribution is 2.43. The van der Waals surface area contributed by atoms with E-state index >= 15 is 0 Å². The van der Waals surface area contributed by atoms with Crippen LogP contribution in [-0.4, -0.2) is 24.7 Å². The zero-order chi connectivity index (χ0) is 18.9. The van der Waals surface area contributed by atoms with Crippen molar-refractivity contribution in [1.29, 1.82) is 0 Å². The molecule has 1 heterocycles. The van der Waals surface area contributed by atoms with Crippen LogP contribution in [0.15, 0.2) is 24.3 Å². The van der Waals surface area contributed by atoms with E-state index in [1.807, 2.05) is 0 Å². The molecule has 5 rings (SSSR count). The fourth-order valence-electron chi connectivity index (χ4n) is 6.62. The summed E-state index contributed by atoms with van der Waals surface area (Å²) in [5.74, 6) is 2.10. The molecule has 4 aliphatic rings. The number of nitrogens with one attached hydrogen (secondary N) is 1. The third-order valence-electron chi connectivity index (χ3n) is 8.17. The minimum atomic E-state index is 0.671. The summed E-state index contributed by atoms with van der Waals surface area (Å²) >= 11 is 0. The number of para-hydroxylation sites is 2. The third-order valence-corrected chi connectivity index (χ3v) is 8.17. The quantitative estimate of drug-likeness (QED) is 0.721. The van der Waals surface area contributed by atoms with Crippen molar-refractivity contribution in [3.63, 3.8) is 0 Å². The van der Waals surface area contributed by atoms with Gasteiger partial charge in [0.25, 0.3) is 0 Å². The lowest BCUT2D eigenvalue weighted by molar-refractivity contribution is 0.134. The molecule has 3 aliphatic carbocycles. The zero-order valence-corrected chi connectivity index (χ0v) is 17.7. The largest absolute Gasteiger partial charge is 0.346 e. The Kier molecular flexibility index (Phi) is 5.54. The summed E-state index contributed by atoms with van der Waals surface area (Å²) < 4.78 is 0. The van der Waals surface area contributed by atoms with E-state index in [2.05, 4.69) is 53.0 Å². The van der Waals surface area contributed by atoms with Gasteiger partial charge < -0.3 is 15.1 Å². The van der Waals surface area contributed by atoms with Gasteiger partial charge >= 0.3 is 0 Å². The molecule has 3 unspecified atom stereocenters. The summed E-state index contributed by atoms with van der Waals surface area (Å²) in [7, 11) is 0. The van der Waals surface area contributed by atoms with Crippen LogP contribution in [-0.2, 0) is 0 Å². The first-order chi connectivity index (χ1) is 13.8. The number of benzene rings is 1. The first-order valence-corrected chi connectivity index (χ1v) is 12.1. The van der Waals surface area contributed by atoms with E-state index in [1.165, 1.54) is 82.0 Å². The monoisotopic (exact) mass is 380 g/mol.